The lowest BCUT2D eigenvalue weighted by molar-refractivity contribution is -0.165. The van der Waals surface area contributed by atoms with Gasteiger partial charge in [0.05, 0.1) is 5.56 Å². The molecule has 35 heavy (non-hydrogen) atoms. The molecular weight excluding hydrogens is 476 g/mol. The number of fused-ring (bicyclic) bond motifs is 3. The smallest absolute Gasteiger partial charge is 0.416 e. The highest BCUT2D eigenvalue weighted by Crippen LogP contribution is 2.36. The van der Waals surface area contributed by atoms with Crippen LogP contribution in [0.4, 0.5) is 17.6 Å². The van der Waals surface area contributed by atoms with Gasteiger partial charge >= 0.3 is 18.1 Å². The molecule has 8 nitrogen and oxygen atoms in total. The van der Waals surface area contributed by atoms with Crippen molar-refractivity contribution in [3.63, 3.8) is 0 Å². The number of carboxylic acids is 2. The first-order valence-corrected chi connectivity index (χ1v) is 11.3. The molecular formula is C23H32F4N2O6. The van der Waals surface area contributed by atoms with Crippen LogP contribution in [0.25, 0.3) is 0 Å². The van der Waals surface area contributed by atoms with E-state index in [9.17, 15) is 27.2 Å². The zero-order valence-electron chi connectivity index (χ0n) is 19.6. The number of halogens is 4. The lowest BCUT2D eigenvalue weighted by Crippen LogP contribution is -2.57. The van der Waals surface area contributed by atoms with Crippen LogP contribution in [-0.2, 0) is 22.3 Å². The van der Waals surface area contributed by atoms with Crippen LogP contribution in [0.3, 0.4) is 0 Å². The van der Waals surface area contributed by atoms with Gasteiger partial charge in [0.1, 0.15) is 5.82 Å². The number of aliphatic hydroxyl groups is 2. The third-order valence-electron chi connectivity index (χ3n) is 6.25. The molecule has 12 heteroatoms. The van der Waals surface area contributed by atoms with Crippen LogP contribution in [0.5, 0.6) is 0 Å². The number of hydrogen-bond donors (Lipinski definition) is 4. The molecule has 4 rings (SSSR count). The molecule has 198 valence electrons. The van der Waals surface area contributed by atoms with Crippen LogP contribution in [0, 0.1) is 17.7 Å². The van der Waals surface area contributed by atoms with Crippen molar-refractivity contribution >= 4 is 11.9 Å². The largest absolute Gasteiger partial charge is 0.479 e. The quantitative estimate of drug-likeness (QED) is 0.395. The summed E-state index contributed by atoms with van der Waals surface area (Å²) >= 11 is 0. The van der Waals surface area contributed by atoms with Gasteiger partial charge in [-0.3, -0.25) is 4.90 Å². The molecule has 1 aromatic carbocycles. The zero-order valence-corrected chi connectivity index (χ0v) is 19.6. The molecule has 3 fully saturated rings. The Bertz CT molecular complexity index is 856. The van der Waals surface area contributed by atoms with Crippen molar-refractivity contribution in [2.24, 2.45) is 11.8 Å². The van der Waals surface area contributed by atoms with Crippen LogP contribution in [0.2, 0.25) is 0 Å². The lowest BCUT2D eigenvalue weighted by Gasteiger charge is -2.49. The highest BCUT2D eigenvalue weighted by molar-refractivity contribution is 5.83. The van der Waals surface area contributed by atoms with E-state index in [0.29, 0.717) is 17.9 Å². The summed E-state index contributed by atoms with van der Waals surface area (Å²) in [7, 11) is 0. The summed E-state index contributed by atoms with van der Waals surface area (Å²) in [6, 6.07) is 3.34. The number of hydrogen-bond acceptors (Lipinski definition) is 6. The maximum Gasteiger partial charge on any atom is 0.416 e. The Hall–Kier alpha value is -2.28. The average Bonchev–Trinajstić information content (AvgIpc) is 2.78. The van der Waals surface area contributed by atoms with E-state index in [0.717, 1.165) is 45.1 Å². The first kappa shape index (κ1) is 29.0. The van der Waals surface area contributed by atoms with E-state index in [1.54, 1.807) is 0 Å². The first-order valence-electron chi connectivity index (χ1n) is 11.3. The summed E-state index contributed by atoms with van der Waals surface area (Å²) in [5.74, 6) is -3.46. The number of carboxylic acid groups (broad SMARTS) is 2. The second kappa shape index (κ2) is 12.1. The molecule has 0 amide bonds. The van der Waals surface area contributed by atoms with Crippen molar-refractivity contribution in [1.82, 2.24) is 9.80 Å². The fraction of sp³-hybridized carbons (Fsp3) is 0.652. The second-order valence-electron chi connectivity index (χ2n) is 9.39. The Labute approximate surface area is 200 Å². The van der Waals surface area contributed by atoms with E-state index in [1.807, 2.05) is 0 Å². The van der Waals surface area contributed by atoms with Crippen LogP contribution < -0.4 is 0 Å². The number of benzene rings is 1. The molecule has 3 heterocycles. The molecule has 2 bridgehead atoms. The van der Waals surface area contributed by atoms with Crippen LogP contribution in [0.15, 0.2) is 18.2 Å². The van der Waals surface area contributed by atoms with Gasteiger partial charge in [0.2, 0.25) is 0 Å². The van der Waals surface area contributed by atoms with Crippen molar-refractivity contribution in [1.29, 1.82) is 0 Å². The minimum absolute atomic E-state index is 0.172. The SMILES string of the molecule is CC(C)CN(Cc1ccc(F)cc1C(F)(F)F)[C@@H]1CN2CCC1CC2.O=C(O)C(O)C(O)C(=O)O. The Morgan fingerprint density at radius 1 is 1.09 bits per heavy atom. The molecule has 0 aromatic heterocycles. The van der Waals surface area contributed by atoms with E-state index in [2.05, 4.69) is 23.6 Å². The molecule has 3 atom stereocenters. The van der Waals surface area contributed by atoms with E-state index in [-0.39, 0.29) is 18.2 Å². The maximum absolute atomic E-state index is 13.4. The van der Waals surface area contributed by atoms with Gasteiger partial charge in [0, 0.05) is 25.7 Å². The number of rotatable bonds is 8. The van der Waals surface area contributed by atoms with E-state index in [1.165, 1.54) is 6.07 Å². The standard InChI is InChI=1S/C19H26F4N2.C4H6O6/c1-13(2)10-25(18-12-24-7-5-14(18)6-8-24)11-15-3-4-16(20)9-17(15)19(21,22)23;5-1(3(7)8)2(6)4(9)10/h3-4,9,13-14,18H,5-8,10-12H2,1-2H3;1-2,5-6H,(H,7,8)(H,9,10)/t18-;/m1./s1. The third-order valence-corrected chi connectivity index (χ3v) is 6.25. The Balaban J connectivity index is 0.000000367. The summed E-state index contributed by atoms with van der Waals surface area (Å²) < 4.78 is 53.4. The molecule has 0 spiro atoms. The monoisotopic (exact) mass is 508 g/mol. The fourth-order valence-electron chi connectivity index (χ4n) is 4.57. The number of carbonyl (C=O) groups is 2. The van der Waals surface area contributed by atoms with Crippen LogP contribution >= 0.6 is 0 Å². The van der Waals surface area contributed by atoms with Gasteiger partial charge in [-0.1, -0.05) is 19.9 Å². The van der Waals surface area contributed by atoms with E-state index < -0.39 is 41.7 Å². The van der Waals surface area contributed by atoms with Gasteiger partial charge in [0.25, 0.3) is 0 Å². The highest BCUT2D eigenvalue weighted by Gasteiger charge is 2.39. The lowest BCUT2D eigenvalue weighted by atomic mass is 9.82. The predicted molar refractivity (Wildman–Crippen MR) is 117 cm³/mol. The van der Waals surface area contributed by atoms with Crippen molar-refractivity contribution in [2.45, 2.75) is 57.7 Å². The van der Waals surface area contributed by atoms with Gasteiger partial charge in [-0.25, -0.2) is 14.0 Å². The maximum atomic E-state index is 13.4. The van der Waals surface area contributed by atoms with E-state index in [4.69, 9.17) is 20.4 Å². The van der Waals surface area contributed by atoms with Crippen molar-refractivity contribution < 1.29 is 47.6 Å². The molecule has 2 unspecified atom stereocenters. The molecule has 0 saturated carbocycles. The fourth-order valence-corrected chi connectivity index (χ4v) is 4.57. The summed E-state index contributed by atoms with van der Waals surface area (Å²) in [5.41, 5.74) is -0.673. The van der Waals surface area contributed by atoms with Gasteiger partial charge in [0.15, 0.2) is 12.2 Å². The number of alkyl halides is 3. The molecule has 1 aromatic rings. The Morgan fingerprint density at radius 2 is 1.63 bits per heavy atom. The third kappa shape index (κ3) is 8.13. The Kier molecular flexibility index (Phi) is 10.0. The molecule has 3 aliphatic heterocycles. The van der Waals surface area contributed by atoms with Gasteiger partial charge in [-0.05, 0) is 55.5 Å². The number of piperidine rings is 3. The average molecular weight is 509 g/mol. The second-order valence-corrected chi connectivity index (χ2v) is 9.39. The minimum Gasteiger partial charge on any atom is -0.479 e. The number of nitrogens with zero attached hydrogens (tertiary/aromatic N) is 2. The summed E-state index contributed by atoms with van der Waals surface area (Å²) in [4.78, 5) is 24.2. The number of aliphatic carboxylic acids is 2. The van der Waals surface area contributed by atoms with Crippen molar-refractivity contribution in [3.05, 3.63) is 35.1 Å². The van der Waals surface area contributed by atoms with E-state index >= 15 is 0 Å². The first-order chi connectivity index (χ1) is 16.2. The summed E-state index contributed by atoms with van der Waals surface area (Å²) in [6.45, 7) is 8.28. The molecule has 0 radical (unpaired) electrons. The summed E-state index contributed by atoms with van der Waals surface area (Å²) in [6.07, 6.45) is -6.82. The normalized spacial score (nSPS) is 23.5. The van der Waals surface area contributed by atoms with Gasteiger partial charge in [-0.2, -0.15) is 13.2 Å². The van der Waals surface area contributed by atoms with Crippen molar-refractivity contribution in [3.8, 4) is 0 Å². The van der Waals surface area contributed by atoms with Crippen LogP contribution in [-0.4, -0.2) is 86.6 Å². The minimum atomic E-state index is -4.53. The number of aliphatic hydroxyl groups excluding tert-OH is 2. The highest BCUT2D eigenvalue weighted by atomic mass is 19.4. The predicted octanol–water partition coefficient (Wildman–Crippen LogP) is 2.27. The Morgan fingerprint density at radius 3 is 2.03 bits per heavy atom. The topological polar surface area (TPSA) is 122 Å². The summed E-state index contributed by atoms with van der Waals surface area (Å²) in [5, 5.41) is 32.5. The molecule has 4 N–H and O–H groups in total. The van der Waals surface area contributed by atoms with Gasteiger partial charge < -0.3 is 25.3 Å². The molecule has 3 saturated heterocycles. The van der Waals surface area contributed by atoms with Gasteiger partial charge in [-0.15, -0.1) is 0 Å². The van der Waals surface area contributed by atoms with Crippen LogP contribution in [0.1, 0.15) is 37.8 Å². The molecule has 0 aliphatic carbocycles. The molecule has 3 aliphatic rings. The van der Waals surface area contributed by atoms with Crippen molar-refractivity contribution in [2.75, 3.05) is 26.2 Å². The zero-order chi connectivity index (χ0) is 26.5.